The number of pyridine rings is 2. The lowest BCUT2D eigenvalue weighted by molar-refractivity contribution is 1.26. The van der Waals surface area contributed by atoms with Crippen molar-refractivity contribution in [2.75, 3.05) is 0 Å². The average Bonchev–Trinajstić information content (AvgIpc) is 2.21. The molecular formula is C10H4Br4N2. The summed E-state index contributed by atoms with van der Waals surface area (Å²) in [5, 5.41) is 0. The second-order valence-corrected chi connectivity index (χ2v) is 6.37. The lowest BCUT2D eigenvalue weighted by atomic mass is 10.1. The van der Waals surface area contributed by atoms with E-state index in [0.29, 0.717) is 0 Å². The van der Waals surface area contributed by atoms with Crippen LogP contribution in [-0.2, 0) is 0 Å². The summed E-state index contributed by atoms with van der Waals surface area (Å²) < 4.78 is 3.70. The molecule has 0 unspecified atom stereocenters. The van der Waals surface area contributed by atoms with E-state index in [2.05, 4.69) is 73.7 Å². The first kappa shape index (κ1) is 12.7. The van der Waals surface area contributed by atoms with Crippen molar-refractivity contribution in [3.63, 3.8) is 0 Å². The van der Waals surface area contributed by atoms with E-state index >= 15 is 0 Å². The first-order valence-corrected chi connectivity index (χ1v) is 7.37. The van der Waals surface area contributed by atoms with Crippen molar-refractivity contribution in [2.24, 2.45) is 0 Å². The molecule has 0 aliphatic rings. The molecule has 82 valence electrons. The molecule has 0 saturated heterocycles. The summed E-state index contributed by atoms with van der Waals surface area (Å²) in [6.07, 6.45) is 7.05. The molecule has 2 rings (SSSR count). The largest absolute Gasteiger partial charge is 0.262 e. The van der Waals surface area contributed by atoms with Gasteiger partial charge in [-0.1, -0.05) is 0 Å². The quantitative estimate of drug-likeness (QED) is 0.572. The molecule has 16 heavy (non-hydrogen) atoms. The maximum atomic E-state index is 4.09. The lowest BCUT2D eigenvalue weighted by Gasteiger charge is -2.10. The van der Waals surface area contributed by atoms with Crippen LogP contribution in [0.3, 0.4) is 0 Å². The molecule has 0 fully saturated rings. The van der Waals surface area contributed by atoms with Crippen LogP contribution in [0.25, 0.3) is 11.1 Å². The summed E-state index contributed by atoms with van der Waals surface area (Å²) in [6, 6.07) is 0. The SMILES string of the molecule is Brc1cncc(Br)c1-c1c(Br)cncc1Br. The summed E-state index contributed by atoms with van der Waals surface area (Å²) in [5.41, 5.74) is 2.08. The van der Waals surface area contributed by atoms with Gasteiger partial charge in [0.05, 0.1) is 0 Å². The Bertz CT molecular complexity index is 452. The number of rotatable bonds is 1. The van der Waals surface area contributed by atoms with E-state index in [9.17, 15) is 0 Å². The predicted octanol–water partition coefficient (Wildman–Crippen LogP) is 5.19. The Morgan fingerprint density at radius 1 is 0.562 bits per heavy atom. The van der Waals surface area contributed by atoms with Crippen molar-refractivity contribution < 1.29 is 0 Å². The normalized spacial score (nSPS) is 10.5. The number of hydrogen-bond donors (Lipinski definition) is 0. The zero-order valence-electron chi connectivity index (χ0n) is 7.72. The predicted molar refractivity (Wildman–Crippen MR) is 78.3 cm³/mol. The Balaban J connectivity index is 2.77. The molecule has 2 nitrogen and oxygen atoms in total. The summed E-state index contributed by atoms with van der Waals surface area (Å²) >= 11 is 14.0. The fourth-order valence-corrected chi connectivity index (χ4v) is 3.95. The van der Waals surface area contributed by atoms with Gasteiger partial charge in [-0.2, -0.15) is 0 Å². The fourth-order valence-electron chi connectivity index (χ4n) is 1.30. The van der Waals surface area contributed by atoms with Crippen molar-refractivity contribution in [2.45, 2.75) is 0 Å². The summed E-state index contributed by atoms with van der Waals surface area (Å²) in [7, 11) is 0. The molecular weight excluding hydrogens is 468 g/mol. The molecule has 0 saturated carbocycles. The van der Waals surface area contributed by atoms with Crippen LogP contribution in [0.1, 0.15) is 0 Å². The van der Waals surface area contributed by atoms with Gasteiger partial charge in [-0.15, -0.1) is 0 Å². The molecule has 2 aromatic heterocycles. The molecule has 0 amide bonds. The Kier molecular flexibility index (Phi) is 4.15. The zero-order chi connectivity index (χ0) is 11.7. The van der Waals surface area contributed by atoms with Crippen molar-refractivity contribution in [1.29, 1.82) is 0 Å². The molecule has 0 spiro atoms. The monoisotopic (exact) mass is 468 g/mol. The van der Waals surface area contributed by atoms with E-state index in [-0.39, 0.29) is 0 Å². The molecule has 0 aliphatic carbocycles. The minimum atomic E-state index is 0.925. The minimum absolute atomic E-state index is 0.925. The van der Waals surface area contributed by atoms with Gasteiger partial charge in [0.1, 0.15) is 0 Å². The van der Waals surface area contributed by atoms with Crippen LogP contribution in [0.2, 0.25) is 0 Å². The maximum Gasteiger partial charge on any atom is 0.0449 e. The van der Waals surface area contributed by atoms with E-state index in [1.165, 1.54) is 0 Å². The van der Waals surface area contributed by atoms with Crippen LogP contribution in [0, 0.1) is 0 Å². The van der Waals surface area contributed by atoms with Gasteiger partial charge in [0.25, 0.3) is 0 Å². The zero-order valence-corrected chi connectivity index (χ0v) is 14.1. The second-order valence-electron chi connectivity index (χ2n) is 2.96. The maximum absolute atomic E-state index is 4.09. The Morgan fingerprint density at radius 2 is 0.812 bits per heavy atom. The van der Waals surface area contributed by atoms with E-state index in [1.807, 2.05) is 0 Å². The molecule has 2 heterocycles. The fraction of sp³-hybridized carbons (Fsp3) is 0. The third-order valence-electron chi connectivity index (χ3n) is 1.96. The lowest BCUT2D eigenvalue weighted by Crippen LogP contribution is -1.88. The smallest absolute Gasteiger partial charge is 0.0449 e. The van der Waals surface area contributed by atoms with Gasteiger partial charge >= 0.3 is 0 Å². The molecule has 6 heteroatoms. The summed E-state index contributed by atoms with van der Waals surface area (Å²) in [6.45, 7) is 0. The number of nitrogens with zero attached hydrogens (tertiary/aromatic N) is 2. The molecule has 0 bridgehead atoms. The van der Waals surface area contributed by atoms with Gasteiger partial charge < -0.3 is 0 Å². The topological polar surface area (TPSA) is 25.8 Å². The first-order valence-electron chi connectivity index (χ1n) is 4.19. The van der Waals surface area contributed by atoms with Crippen molar-refractivity contribution in [3.05, 3.63) is 42.7 Å². The third kappa shape index (κ3) is 2.39. The van der Waals surface area contributed by atoms with Gasteiger partial charge in [0, 0.05) is 53.8 Å². The van der Waals surface area contributed by atoms with Crippen LogP contribution in [0.15, 0.2) is 42.7 Å². The molecule has 0 N–H and O–H groups in total. The van der Waals surface area contributed by atoms with Crippen LogP contribution in [0.5, 0.6) is 0 Å². The van der Waals surface area contributed by atoms with Crippen LogP contribution in [0.4, 0.5) is 0 Å². The average molecular weight is 472 g/mol. The first-order chi connectivity index (χ1) is 7.61. The van der Waals surface area contributed by atoms with E-state index in [0.717, 1.165) is 29.0 Å². The number of aromatic nitrogens is 2. The highest BCUT2D eigenvalue weighted by molar-refractivity contribution is 9.11. The Labute approximate surface area is 126 Å². The molecule has 2 aromatic rings. The second kappa shape index (κ2) is 5.25. The van der Waals surface area contributed by atoms with Crippen molar-refractivity contribution in [1.82, 2.24) is 9.97 Å². The van der Waals surface area contributed by atoms with Crippen molar-refractivity contribution >= 4 is 63.7 Å². The van der Waals surface area contributed by atoms with Gasteiger partial charge in [0.15, 0.2) is 0 Å². The van der Waals surface area contributed by atoms with Gasteiger partial charge in [-0.3, -0.25) is 9.97 Å². The Hall–Kier alpha value is 0.220. The van der Waals surface area contributed by atoms with Crippen LogP contribution in [-0.4, -0.2) is 9.97 Å². The number of hydrogen-bond acceptors (Lipinski definition) is 2. The summed E-state index contributed by atoms with van der Waals surface area (Å²) in [5.74, 6) is 0. The van der Waals surface area contributed by atoms with Gasteiger partial charge in [0.2, 0.25) is 0 Å². The van der Waals surface area contributed by atoms with Crippen LogP contribution < -0.4 is 0 Å². The number of halogens is 4. The molecule has 0 aliphatic heterocycles. The van der Waals surface area contributed by atoms with E-state index < -0.39 is 0 Å². The molecule has 0 aromatic carbocycles. The standard InChI is InChI=1S/C10H4Br4N2/c11-5-1-15-2-6(12)9(5)10-7(13)3-16-4-8(10)14/h1-4H. The molecule has 0 atom stereocenters. The molecule has 0 radical (unpaired) electrons. The van der Waals surface area contributed by atoms with Crippen LogP contribution >= 0.6 is 63.7 Å². The highest BCUT2D eigenvalue weighted by atomic mass is 79.9. The minimum Gasteiger partial charge on any atom is -0.262 e. The van der Waals surface area contributed by atoms with Gasteiger partial charge in [-0.25, -0.2) is 0 Å². The van der Waals surface area contributed by atoms with Crippen molar-refractivity contribution in [3.8, 4) is 11.1 Å². The van der Waals surface area contributed by atoms with E-state index in [1.54, 1.807) is 24.8 Å². The third-order valence-corrected chi connectivity index (χ3v) is 4.36. The highest BCUT2D eigenvalue weighted by Gasteiger charge is 2.14. The Morgan fingerprint density at radius 3 is 1.06 bits per heavy atom. The van der Waals surface area contributed by atoms with Gasteiger partial charge in [-0.05, 0) is 63.7 Å². The van der Waals surface area contributed by atoms with E-state index in [4.69, 9.17) is 0 Å². The summed E-state index contributed by atoms with van der Waals surface area (Å²) in [4.78, 5) is 8.18. The highest BCUT2D eigenvalue weighted by Crippen LogP contribution is 2.41.